The highest BCUT2D eigenvalue weighted by molar-refractivity contribution is 6.50. The standard InChI is InChI=1S/C12H16N2O2.BF4.ClH/c1-13-5-6-14(2)12(13)8-9-3-4-10(15)11(16)7-9;2-1(3,4)5;/h3-4,7H,5-6,8H2,1-2H3,(H-,15,16);;1H/q;-1;/p+1. The quantitative estimate of drug-likeness (QED) is 0.375. The SMILES string of the molecule is CN1CC[N+](C)=C1Cc1ccc(O)c(O)c1.Cl.F[B-](F)(F)F. The maximum atomic E-state index is 9.75. The average molecular weight is 345 g/mol. The lowest BCUT2D eigenvalue weighted by molar-refractivity contribution is -0.487. The highest BCUT2D eigenvalue weighted by atomic mass is 35.5. The fourth-order valence-electron chi connectivity index (χ4n) is 1.98. The number of nitrogens with zero attached hydrogens (tertiary/aromatic N) is 2. The van der Waals surface area contributed by atoms with Crippen LogP contribution in [0.25, 0.3) is 0 Å². The second-order valence-corrected chi connectivity index (χ2v) is 4.75. The molecule has 0 aliphatic carbocycles. The molecule has 1 aliphatic heterocycles. The first-order valence-corrected chi connectivity index (χ1v) is 6.24. The number of halogens is 5. The van der Waals surface area contributed by atoms with E-state index in [1.165, 1.54) is 11.9 Å². The summed E-state index contributed by atoms with van der Waals surface area (Å²) >= 11 is 0. The van der Waals surface area contributed by atoms with Gasteiger partial charge in [0.05, 0.1) is 20.5 Å². The lowest BCUT2D eigenvalue weighted by Crippen LogP contribution is -2.26. The number of benzene rings is 1. The Balaban J connectivity index is 0.000000644. The van der Waals surface area contributed by atoms with Gasteiger partial charge in [0.15, 0.2) is 11.5 Å². The van der Waals surface area contributed by atoms with E-state index in [-0.39, 0.29) is 23.9 Å². The third kappa shape index (κ3) is 6.88. The van der Waals surface area contributed by atoms with Crippen LogP contribution in [0.1, 0.15) is 5.56 Å². The van der Waals surface area contributed by atoms with Gasteiger partial charge in [-0.1, -0.05) is 6.07 Å². The third-order valence-electron chi connectivity index (χ3n) is 3.05. The number of amidine groups is 1. The van der Waals surface area contributed by atoms with Gasteiger partial charge in [0, 0.05) is 0 Å². The third-order valence-corrected chi connectivity index (χ3v) is 3.05. The molecule has 1 aromatic rings. The lowest BCUT2D eigenvalue weighted by Gasteiger charge is -2.07. The van der Waals surface area contributed by atoms with E-state index < -0.39 is 7.25 Å². The molecule has 1 heterocycles. The molecule has 1 aliphatic rings. The van der Waals surface area contributed by atoms with Crippen molar-refractivity contribution in [3.63, 3.8) is 0 Å². The van der Waals surface area contributed by atoms with Gasteiger partial charge in [0.25, 0.3) is 5.84 Å². The molecular formula is C12H18BClF4N2O2. The van der Waals surface area contributed by atoms with Gasteiger partial charge < -0.3 is 27.5 Å². The van der Waals surface area contributed by atoms with Crippen LogP contribution in [-0.4, -0.2) is 60.0 Å². The molecule has 0 amide bonds. The Morgan fingerprint density at radius 3 is 2.14 bits per heavy atom. The number of hydrogen-bond acceptors (Lipinski definition) is 3. The molecule has 22 heavy (non-hydrogen) atoms. The minimum atomic E-state index is -6.00. The molecule has 0 aromatic heterocycles. The number of phenols is 2. The molecule has 0 saturated heterocycles. The van der Waals surface area contributed by atoms with Crippen molar-refractivity contribution in [1.29, 1.82) is 0 Å². The molecule has 2 N–H and O–H groups in total. The molecule has 0 bridgehead atoms. The largest absolute Gasteiger partial charge is 0.673 e. The van der Waals surface area contributed by atoms with Crippen LogP contribution in [0.3, 0.4) is 0 Å². The van der Waals surface area contributed by atoms with E-state index in [2.05, 4.69) is 23.6 Å². The summed E-state index contributed by atoms with van der Waals surface area (Å²) in [5.74, 6) is 1.12. The van der Waals surface area contributed by atoms with Crippen molar-refractivity contribution in [2.75, 3.05) is 27.2 Å². The van der Waals surface area contributed by atoms with Crippen LogP contribution >= 0.6 is 12.4 Å². The average Bonchev–Trinajstić information content (AvgIpc) is 2.63. The van der Waals surface area contributed by atoms with E-state index in [9.17, 15) is 27.5 Å². The zero-order chi connectivity index (χ0) is 16.2. The van der Waals surface area contributed by atoms with E-state index >= 15 is 0 Å². The molecule has 0 radical (unpaired) electrons. The fourth-order valence-corrected chi connectivity index (χ4v) is 1.98. The Bertz CT molecular complexity index is 534. The number of rotatable bonds is 2. The molecular weight excluding hydrogens is 326 g/mol. The van der Waals surface area contributed by atoms with Crippen molar-refractivity contribution in [2.45, 2.75) is 6.42 Å². The molecule has 0 unspecified atom stereocenters. The second kappa shape index (κ2) is 8.12. The van der Waals surface area contributed by atoms with Crippen molar-refractivity contribution in [3.05, 3.63) is 23.8 Å². The van der Waals surface area contributed by atoms with Crippen LogP contribution in [0.2, 0.25) is 0 Å². The topological polar surface area (TPSA) is 46.7 Å². The van der Waals surface area contributed by atoms with Gasteiger partial charge in [-0.05, 0) is 17.7 Å². The van der Waals surface area contributed by atoms with Gasteiger partial charge in [0.2, 0.25) is 0 Å². The van der Waals surface area contributed by atoms with E-state index in [4.69, 9.17) is 0 Å². The molecule has 126 valence electrons. The minimum Gasteiger partial charge on any atom is -0.504 e. The molecule has 1 aromatic carbocycles. The van der Waals surface area contributed by atoms with E-state index in [1.54, 1.807) is 6.07 Å². The van der Waals surface area contributed by atoms with Crippen molar-refractivity contribution in [3.8, 4) is 11.5 Å². The summed E-state index contributed by atoms with van der Waals surface area (Å²) in [6.45, 7) is 2.08. The van der Waals surface area contributed by atoms with E-state index in [1.807, 2.05) is 6.07 Å². The van der Waals surface area contributed by atoms with E-state index in [0.29, 0.717) is 0 Å². The monoisotopic (exact) mass is 344 g/mol. The van der Waals surface area contributed by atoms with Gasteiger partial charge >= 0.3 is 7.25 Å². The number of phenolic OH excluding ortho intramolecular Hbond substituents is 2. The van der Waals surface area contributed by atoms with Gasteiger partial charge in [-0.15, -0.1) is 12.4 Å². The van der Waals surface area contributed by atoms with Crippen LogP contribution in [0.5, 0.6) is 11.5 Å². The Morgan fingerprint density at radius 2 is 1.73 bits per heavy atom. The summed E-state index contributed by atoms with van der Waals surface area (Å²) in [5.41, 5.74) is 1.01. The summed E-state index contributed by atoms with van der Waals surface area (Å²) in [6, 6.07) is 4.98. The molecule has 4 nitrogen and oxygen atoms in total. The maximum Gasteiger partial charge on any atom is 0.673 e. The summed E-state index contributed by atoms with van der Waals surface area (Å²) < 4.78 is 41.2. The Kier molecular flexibility index (Phi) is 7.51. The van der Waals surface area contributed by atoms with Gasteiger partial charge in [-0.25, -0.2) is 0 Å². The van der Waals surface area contributed by atoms with E-state index in [0.717, 1.165) is 25.1 Å². The Morgan fingerprint density at radius 1 is 1.18 bits per heavy atom. The minimum absolute atomic E-state index is 0. The summed E-state index contributed by atoms with van der Waals surface area (Å²) in [4.78, 5) is 2.21. The molecule has 0 saturated carbocycles. The second-order valence-electron chi connectivity index (χ2n) is 4.75. The highest BCUT2D eigenvalue weighted by Crippen LogP contribution is 2.25. The van der Waals surface area contributed by atoms with Crippen molar-refractivity contribution >= 4 is 25.5 Å². The first-order chi connectivity index (χ1) is 9.58. The smallest absolute Gasteiger partial charge is 0.504 e. The predicted octanol–water partition coefficient (Wildman–Crippen LogP) is 2.35. The fraction of sp³-hybridized carbons (Fsp3) is 0.417. The van der Waals surface area contributed by atoms with Crippen molar-refractivity contribution in [1.82, 2.24) is 4.90 Å². The zero-order valence-electron chi connectivity index (χ0n) is 12.1. The lowest BCUT2D eigenvalue weighted by atomic mass is 10.1. The first kappa shape index (κ1) is 20.4. The molecule has 0 fully saturated rings. The van der Waals surface area contributed by atoms with Gasteiger partial charge in [-0.2, -0.15) is 0 Å². The molecule has 0 atom stereocenters. The summed E-state index contributed by atoms with van der Waals surface area (Å²) in [5, 5.41) is 18.7. The molecule has 10 heteroatoms. The number of aromatic hydroxyl groups is 2. The van der Waals surface area contributed by atoms with Crippen LogP contribution in [-0.2, 0) is 6.42 Å². The van der Waals surface area contributed by atoms with Crippen molar-refractivity contribution in [2.24, 2.45) is 0 Å². The van der Waals surface area contributed by atoms with Crippen LogP contribution in [0.4, 0.5) is 17.3 Å². The van der Waals surface area contributed by atoms with Crippen molar-refractivity contribution < 1.29 is 32.1 Å². The zero-order valence-corrected chi connectivity index (χ0v) is 13.0. The van der Waals surface area contributed by atoms with Gasteiger partial charge in [-0.3, -0.25) is 9.48 Å². The summed E-state index contributed by atoms with van der Waals surface area (Å²) in [6.07, 6.45) is 0.779. The summed E-state index contributed by atoms with van der Waals surface area (Å²) in [7, 11) is -1.86. The number of hydrogen-bond donors (Lipinski definition) is 2. The normalized spacial score (nSPS) is 14.4. The molecule has 0 spiro atoms. The Hall–Kier alpha value is -1.64. The number of likely N-dealkylation sites (N-methyl/N-ethyl adjacent to an activating group) is 2. The van der Waals surface area contributed by atoms with Gasteiger partial charge in [0.1, 0.15) is 13.1 Å². The van der Waals surface area contributed by atoms with Crippen LogP contribution in [0.15, 0.2) is 18.2 Å². The van der Waals surface area contributed by atoms with Crippen LogP contribution < -0.4 is 0 Å². The Labute approximate surface area is 132 Å². The predicted molar refractivity (Wildman–Crippen MR) is 79.6 cm³/mol. The first-order valence-electron chi connectivity index (χ1n) is 6.24. The maximum absolute atomic E-state index is 9.75. The van der Waals surface area contributed by atoms with Crippen LogP contribution in [0, 0.1) is 0 Å². The highest BCUT2D eigenvalue weighted by Gasteiger charge is 2.24. The molecule has 2 rings (SSSR count).